The summed E-state index contributed by atoms with van der Waals surface area (Å²) in [5, 5.41) is 0. The molecule has 0 N–H and O–H groups in total. The molecule has 1 aromatic rings. The van der Waals surface area contributed by atoms with Gasteiger partial charge >= 0.3 is 18.2 Å². The van der Waals surface area contributed by atoms with Gasteiger partial charge in [-0.2, -0.15) is 0 Å². The van der Waals surface area contributed by atoms with Crippen molar-refractivity contribution in [1.82, 2.24) is 9.55 Å². The highest BCUT2D eigenvalue weighted by Gasteiger charge is 1.96. The largest absolute Gasteiger partial charge is 0.534 e. The summed E-state index contributed by atoms with van der Waals surface area (Å²) in [6, 6.07) is 0. The molecule has 0 saturated heterocycles. The average Bonchev–Trinajstić information content (AvgIpc) is 2.14. The summed E-state index contributed by atoms with van der Waals surface area (Å²) in [5.74, 6) is 0. The fourth-order valence-corrected chi connectivity index (χ4v) is 2.58. The zero-order valence-electron chi connectivity index (χ0n) is 4.63. The molecule has 0 radical (unpaired) electrons. The van der Waals surface area contributed by atoms with Crippen LogP contribution in [0.3, 0.4) is 0 Å². The second-order valence-corrected chi connectivity index (χ2v) is 4.30. The van der Waals surface area contributed by atoms with Crippen molar-refractivity contribution in [3.63, 3.8) is 0 Å². The van der Waals surface area contributed by atoms with Crippen molar-refractivity contribution in [3.05, 3.63) is 12.5 Å². The summed E-state index contributed by atoms with van der Waals surface area (Å²) in [6.07, 6.45) is 3.73. The molecule has 0 aliphatic rings. The summed E-state index contributed by atoms with van der Waals surface area (Å²) in [7, 11) is 2.01. The minimum atomic E-state index is -0.182. The van der Waals surface area contributed by atoms with E-state index in [0.29, 0.717) is 0 Å². The van der Waals surface area contributed by atoms with Crippen molar-refractivity contribution in [2.75, 3.05) is 0 Å². The first kappa shape index (κ1) is 6.57. The van der Waals surface area contributed by atoms with Crippen LogP contribution in [0, 0.1) is 0 Å². The summed E-state index contributed by atoms with van der Waals surface area (Å²) >= 11 is 3.28. The van der Waals surface area contributed by atoms with E-state index in [1.54, 1.807) is 0 Å². The van der Waals surface area contributed by atoms with Gasteiger partial charge in [-0.3, -0.25) is 12.9 Å². The van der Waals surface area contributed by atoms with E-state index in [2.05, 4.69) is 17.9 Å². The molecule has 1 heterocycles. The molecule has 1 aromatic heterocycles. The van der Waals surface area contributed by atoms with Gasteiger partial charge in [0.2, 0.25) is 0 Å². The van der Waals surface area contributed by atoms with Crippen molar-refractivity contribution in [3.8, 4) is 0 Å². The van der Waals surface area contributed by atoms with Crippen molar-refractivity contribution in [2.45, 2.75) is 0 Å². The Kier molecular flexibility index (Phi) is 2.34. The molecule has 2 nitrogen and oxygen atoms in total. The lowest BCUT2D eigenvalue weighted by atomic mass is 10.9. The van der Waals surface area contributed by atoms with Crippen LogP contribution in [-0.2, 0) is 7.05 Å². The van der Waals surface area contributed by atoms with E-state index in [1.165, 1.54) is 3.82 Å². The maximum absolute atomic E-state index is 3.96. The van der Waals surface area contributed by atoms with Crippen LogP contribution < -0.4 is 3.82 Å². The summed E-state index contributed by atoms with van der Waals surface area (Å²) < 4.78 is 3.38. The Balaban J connectivity index is 2.92. The first-order valence-electron chi connectivity index (χ1n) is 2.35. The molecule has 0 saturated carbocycles. The average molecular weight is 185 g/mol. The molecule has 0 unspecified atom stereocenters. The fraction of sp³-hybridized carbons (Fsp3) is 0.250. The minimum Gasteiger partial charge on any atom is -0.365 e. The molecular formula is C4H5BrMgN2. The quantitative estimate of drug-likeness (QED) is 0.566. The number of aromatic nitrogens is 2. The molecule has 0 bridgehead atoms. The second kappa shape index (κ2) is 2.84. The minimum absolute atomic E-state index is 0.182. The Hall–Kier alpha value is 0.456. The third-order valence-corrected chi connectivity index (χ3v) is 3.73. The SMILES string of the molecule is Cn1cnc[c]1[Mg][Br]. The van der Waals surface area contributed by atoms with Crippen LogP contribution >= 0.6 is 12.9 Å². The third kappa shape index (κ3) is 1.24. The van der Waals surface area contributed by atoms with Gasteiger partial charge in [-0.05, 0) is 0 Å². The number of hydrogen-bond donors (Lipinski definition) is 0. The topological polar surface area (TPSA) is 17.8 Å². The van der Waals surface area contributed by atoms with Crippen LogP contribution in [0.5, 0.6) is 0 Å². The molecular weight excluding hydrogens is 180 g/mol. The highest BCUT2D eigenvalue weighted by atomic mass is 79.9. The molecule has 0 aromatic carbocycles. The normalized spacial score (nSPS) is 8.75. The van der Waals surface area contributed by atoms with Crippen LogP contribution in [0.15, 0.2) is 12.5 Å². The Morgan fingerprint density at radius 3 is 2.88 bits per heavy atom. The molecule has 1 rings (SSSR count). The van der Waals surface area contributed by atoms with Gasteiger partial charge in [-0.1, -0.05) is 3.82 Å². The Labute approximate surface area is 63.9 Å². The number of nitrogens with zero attached hydrogens (tertiary/aromatic N) is 2. The highest BCUT2D eigenvalue weighted by Crippen LogP contribution is 1.78. The van der Waals surface area contributed by atoms with E-state index in [1.807, 2.05) is 24.1 Å². The Bertz CT molecular complexity index is 174. The Morgan fingerprint density at radius 2 is 2.62 bits per heavy atom. The van der Waals surface area contributed by atoms with Gasteiger partial charge in [0.15, 0.2) is 0 Å². The number of halogens is 1. The van der Waals surface area contributed by atoms with Gasteiger partial charge in [0, 0.05) is 13.2 Å². The second-order valence-electron chi connectivity index (χ2n) is 1.63. The zero-order valence-corrected chi connectivity index (χ0v) is 7.63. The van der Waals surface area contributed by atoms with Gasteiger partial charge in [0.05, 0.1) is 6.33 Å². The van der Waals surface area contributed by atoms with Crippen molar-refractivity contribution in [2.24, 2.45) is 7.05 Å². The number of rotatable bonds is 1. The molecule has 0 fully saturated rings. The van der Waals surface area contributed by atoms with E-state index < -0.39 is 0 Å². The smallest absolute Gasteiger partial charge is 0.365 e. The first-order chi connectivity index (χ1) is 3.84. The van der Waals surface area contributed by atoms with E-state index in [4.69, 9.17) is 0 Å². The van der Waals surface area contributed by atoms with Crippen LogP contribution in [0.25, 0.3) is 0 Å². The van der Waals surface area contributed by atoms with Crippen molar-refractivity contribution in [1.29, 1.82) is 0 Å². The number of aryl methyl sites for hydroxylation is 1. The standard InChI is InChI=1S/C4H5N2.BrH.Mg/c1-6-3-2-5-4-6;;/h2,4H,1H3;1H;/q;;+1/p-1. The van der Waals surface area contributed by atoms with Crippen molar-refractivity contribution >= 4 is 34.9 Å². The molecule has 40 valence electrons. The van der Waals surface area contributed by atoms with Crippen LogP contribution in [0.4, 0.5) is 0 Å². The lowest BCUT2D eigenvalue weighted by molar-refractivity contribution is 0.939. The molecule has 0 aliphatic heterocycles. The predicted octanol–water partition coefficient (Wildman–Crippen LogP) is 0.0595. The van der Waals surface area contributed by atoms with Crippen LogP contribution in [0.1, 0.15) is 0 Å². The molecule has 0 amide bonds. The maximum Gasteiger partial charge on any atom is 0.534 e. The van der Waals surface area contributed by atoms with Gasteiger partial charge in [-0.15, -0.1) is 0 Å². The van der Waals surface area contributed by atoms with Gasteiger partial charge in [0.25, 0.3) is 0 Å². The molecule has 0 atom stereocenters. The van der Waals surface area contributed by atoms with Crippen molar-refractivity contribution < 1.29 is 0 Å². The molecule has 8 heavy (non-hydrogen) atoms. The number of imidazole rings is 1. The molecule has 0 aliphatic carbocycles. The lowest BCUT2D eigenvalue weighted by Crippen LogP contribution is -2.16. The summed E-state index contributed by atoms with van der Waals surface area (Å²) in [5.41, 5.74) is 0. The summed E-state index contributed by atoms with van der Waals surface area (Å²) in [4.78, 5) is 3.96. The van der Waals surface area contributed by atoms with Crippen LogP contribution in [0.2, 0.25) is 0 Å². The molecule has 0 spiro atoms. The zero-order chi connectivity index (χ0) is 5.98. The van der Waals surface area contributed by atoms with E-state index in [9.17, 15) is 0 Å². The van der Waals surface area contributed by atoms with Gasteiger partial charge in [0.1, 0.15) is 0 Å². The monoisotopic (exact) mass is 184 g/mol. The predicted molar refractivity (Wildman–Crippen MR) is 37.5 cm³/mol. The maximum atomic E-state index is 3.96. The first-order valence-corrected chi connectivity index (χ1v) is 6.96. The van der Waals surface area contributed by atoms with Gasteiger partial charge in [-0.25, -0.2) is 4.98 Å². The van der Waals surface area contributed by atoms with E-state index in [-0.39, 0.29) is 18.2 Å². The lowest BCUT2D eigenvalue weighted by Gasteiger charge is -1.92. The van der Waals surface area contributed by atoms with Gasteiger partial charge < -0.3 is 4.57 Å². The fourth-order valence-electron chi connectivity index (χ4n) is 0.513. The van der Waals surface area contributed by atoms with Crippen LogP contribution in [-0.4, -0.2) is 27.7 Å². The van der Waals surface area contributed by atoms with E-state index in [0.717, 1.165) is 0 Å². The Morgan fingerprint density at radius 1 is 1.88 bits per heavy atom. The summed E-state index contributed by atoms with van der Waals surface area (Å²) in [6.45, 7) is 0. The van der Waals surface area contributed by atoms with E-state index >= 15 is 0 Å². The molecule has 4 heteroatoms. The third-order valence-electron chi connectivity index (χ3n) is 1.05. The highest BCUT2D eigenvalue weighted by molar-refractivity contribution is 9.23. The number of hydrogen-bond acceptors (Lipinski definition) is 1.